The third-order valence-corrected chi connectivity index (χ3v) is 3.74. The number of carbonyl (C=O) groups excluding carboxylic acids is 2. The van der Waals surface area contributed by atoms with Crippen LogP contribution in [0.1, 0.15) is 20.7 Å². The molecular weight excluding hydrogens is 369 g/mol. The van der Waals surface area contributed by atoms with Gasteiger partial charge in [-0.1, -0.05) is 0 Å². The van der Waals surface area contributed by atoms with Crippen molar-refractivity contribution in [2.75, 3.05) is 5.32 Å². The van der Waals surface area contributed by atoms with E-state index in [0.717, 1.165) is 12.1 Å². The van der Waals surface area contributed by atoms with E-state index in [1.807, 2.05) is 0 Å². The van der Waals surface area contributed by atoms with Gasteiger partial charge >= 0.3 is 6.29 Å². The quantitative estimate of drug-likeness (QED) is 0.646. The lowest BCUT2D eigenvalue weighted by Crippen LogP contribution is -2.25. The number of imidazole rings is 1. The number of rotatable bonds is 3. The first-order chi connectivity index (χ1) is 12.7. The average molecular weight is 378 g/mol. The number of ether oxygens (including phenoxy) is 2. The normalized spacial score (nSPS) is 14.3. The van der Waals surface area contributed by atoms with Crippen molar-refractivity contribution in [3.8, 4) is 11.5 Å². The van der Waals surface area contributed by atoms with E-state index in [1.54, 1.807) is 0 Å². The first kappa shape index (κ1) is 16.7. The van der Waals surface area contributed by atoms with E-state index in [-0.39, 0.29) is 39.6 Å². The Kier molecular flexibility index (Phi) is 3.48. The predicted octanol–water partition coefficient (Wildman–Crippen LogP) is 2.37. The van der Waals surface area contributed by atoms with Crippen LogP contribution in [0.15, 0.2) is 30.3 Å². The summed E-state index contributed by atoms with van der Waals surface area (Å²) < 4.78 is 48.8. The zero-order valence-electron chi connectivity index (χ0n) is 13.2. The Morgan fingerprint density at radius 2 is 1.85 bits per heavy atom. The zero-order valence-corrected chi connectivity index (χ0v) is 13.2. The first-order valence-corrected chi connectivity index (χ1v) is 7.42. The lowest BCUT2D eigenvalue weighted by atomic mass is 10.1. The minimum atomic E-state index is -3.76. The van der Waals surface area contributed by atoms with Gasteiger partial charge in [0.1, 0.15) is 5.82 Å². The molecule has 27 heavy (non-hydrogen) atoms. The number of nitrogens with zero attached hydrogens (tertiary/aromatic N) is 1. The summed E-state index contributed by atoms with van der Waals surface area (Å²) in [5, 5.41) is 2.34. The molecule has 4 rings (SSSR count). The number of nitrogens with two attached hydrogens (primary N) is 1. The SMILES string of the molecule is NC(=O)c1ccc(C(=O)Nc2nc3cc4c(cc3[nH]2)OC(F)(F)O4)c(F)c1. The summed E-state index contributed by atoms with van der Waals surface area (Å²) in [6, 6.07) is 5.59. The van der Waals surface area contributed by atoms with Crippen LogP contribution in [0, 0.1) is 5.82 Å². The van der Waals surface area contributed by atoms with Crippen LogP contribution in [0.3, 0.4) is 0 Å². The van der Waals surface area contributed by atoms with Crippen LogP contribution in [0.2, 0.25) is 0 Å². The van der Waals surface area contributed by atoms with Crippen molar-refractivity contribution in [2.45, 2.75) is 6.29 Å². The molecule has 0 saturated carbocycles. The molecule has 0 spiro atoms. The fourth-order valence-electron chi connectivity index (χ4n) is 2.54. The number of aromatic nitrogens is 2. The molecule has 2 aromatic carbocycles. The minimum Gasteiger partial charge on any atom is -0.395 e. The van der Waals surface area contributed by atoms with Crippen LogP contribution >= 0.6 is 0 Å². The molecule has 0 aliphatic carbocycles. The Bertz CT molecular complexity index is 1070. The Morgan fingerprint density at radius 1 is 1.15 bits per heavy atom. The first-order valence-electron chi connectivity index (χ1n) is 7.42. The number of carbonyl (C=O) groups is 2. The molecule has 2 heterocycles. The number of aromatic amines is 1. The molecule has 0 radical (unpaired) electrons. The molecule has 4 N–H and O–H groups in total. The van der Waals surface area contributed by atoms with E-state index in [1.165, 1.54) is 18.2 Å². The van der Waals surface area contributed by atoms with Crippen LogP contribution in [0.5, 0.6) is 11.5 Å². The maximum atomic E-state index is 14.0. The van der Waals surface area contributed by atoms with Crippen molar-refractivity contribution >= 4 is 28.8 Å². The second-order valence-electron chi connectivity index (χ2n) is 5.58. The van der Waals surface area contributed by atoms with Crippen molar-refractivity contribution in [1.29, 1.82) is 0 Å². The standard InChI is InChI=1S/C16H9F3N4O4/c17-8-3-6(13(20)24)1-2-7(8)14(25)23-15-21-9-4-11-12(5-10(9)22-15)27-16(18,19)26-11/h1-5H,(H2,20,24)(H2,21,22,23,25). The molecule has 138 valence electrons. The molecule has 0 bridgehead atoms. The van der Waals surface area contributed by atoms with E-state index in [2.05, 4.69) is 24.8 Å². The smallest absolute Gasteiger partial charge is 0.395 e. The average Bonchev–Trinajstić information content (AvgIpc) is 3.08. The number of hydrogen-bond donors (Lipinski definition) is 3. The Hall–Kier alpha value is -3.76. The largest absolute Gasteiger partial charge is 0.586 e. The summed E-state index contributed by atoms with van der Waals surface area (Å²) >= 11 is 0. The number of nitrogens with one attached hydrogen (secondary N) is 2. The Labute approximate surface area is 148 Å². The molecule has 1 aromatic heterocycles. The van der Waals surface area contributed by atoms with E-state index in [4.69, 9.17) is 5.73 Å². The highest BCUT2D eigenvalue weighted by atomic mass is 19.3. The van der Waals surface area contributed by atoms with E-state index < -0.39 is 23.9 Å². The number of anilines is 1. The molecule has 0 saturated heterocycles. The number of fused-ring (bicyclic) bond motifs is 2. The summed E-state index contributed by atoms with van der Waals surface area (Å²) in [6.07, 6.45) is -3.76. The predicted molar refractivity (Wildman–Crippen MR) is 85.2 cm³/mol. The van der Waals surface area contributed by atoms with Crippen LogP contribution in [-0.4, -0.2) is 28.1 Å². The fraction of sp³-hybridized carbons (Fsp3) is 0.0625. The van der Waals surface area contributed by atoms with E-state index >= 15 is 0 Å². The summed E-state index contributed by atoms with van der Waals surface area (Å²) in [7, 11) is 0. The minimum absolute atomic E-state index is 0.0520. The number of alkyl halides is 2. The number of H-pyrrole nitrogens is 1. The fourth-order valence-corrected chi connectivity index (χ4v) is 2.54. The van der Waals surface area contributed by atoms with Gasteiger partial charge in [0, 0.05) is 17.7 Å². The van der Waals surface area contributed by atoms with Crippen molar-refractivity contribution in [2.24, 2.45) is 5.73 Å². The molecule has 0 unspecified atom stereocenters. The van der Waals surface area contributed by atoms with Gasteiger partial charge in [0.05, 0.1) is 16.6 Å². The van der Waals surface area contributed by atoms with Gasteiger partial charge in [-0.25, -0.2) is 9.37 Å². The lowest BCUT2D eigenvalue weighted by Gasteiger charge is -2.04. The van der Waals surface area contributed by atoms with Crippen molar-refractivity contribution in [3.05, 3.63) is 47.3 Å². The molecule has 1 aliphatic rings. The Balaban J connectivity index is 1.59. The molecule has 0 atom stereocenters. The molecular formula is C16H9F3N4O4. The number of amides is 2. The van der Waals surface area contributed by atoms with Gasteiger partial charge in [-0.15, -0.1) is 8.78 Å². The van der Waals surface area contributed by atoms with Crippen LogP contribution in [0.4, 0.5) is 19.1 Å². The number of halogens is 3. The van der Waals surface area contributed by atoms with Crippen molar-refractivity contribution < 1.29 is 32.2 Å². The number of benzene rings is 2. The maximum Gasteiger partial charge on any atom is 0.586 e. The molecule has 0 fully saturated rings. The summed E-state index contributed by atoms with van der Waals surface area (Å²) in [6.45, 7) is 0. The van der Waals surface area contributed by atoms with Crippen LogP contribution in [0.25, 0.3) is 11.0 Å². The van der Waals surface area contributed by atoms with Crippen LogP contribution in [-0.2, 0) is 0 Å². The second-order valence-corrected chi connectivity index (χ2v) is 5.58. The van der Waals surface area contributed by atoms with Gasteiger partial charge < -0.3 is 20.2 Å². The van der Waals surface area contributed by atoms with Crippen molar-refractivity contribution in [1.82, 2.24) is 9.97 Å². The topological polar surface area (TPSA) is 119 Å². The highest BCUT2D eigenvalue weighted by Crippen LogP contribution is 2.42. The van der Waals surface area contributed by atoms with Crippen molar-refractivity contribution in [3.63, 3.8) is 0 Å². The second kappa shape index (κ2) is 5.62. The van der Waals surface area contributed by atoms with Gasteiger partial charge in [0.15, 0.2) is 11.5 Å². The summed E-state index contributed by atoms with van der Waals surface area (Å²) in [5.74, 6) is -3.06. The maximum absolute atomic E-state index is 14.0. The van der Waals surface area contributed by atoms with Gasteiger partial charge in [-0.3, -0.25) is 14.9 Å². The highest BCUT2D eigenvalue weighted by molar-refractivity contribution is 6.05. The van der Waals surface area contributed by atoms with Crippen LogP contribution < -0.4 is 20.5 Å². The molecule has 11 heteroatoms. The molecule has 2 amide bonds. The van der Waals surface area contributed by atoms with Gasteiger partial charge in [0.25, 0.3) is 5.91 Å². The van der Waals surface area contributed by atoms with E-state index in [0.29, 0.717) is 0 Å². The summed E-state index contributed by atoms with van der Waals surface area (Å²) in [5.41, 5.74) is 5.13. The molecule has 1 aliphatic heterocycles. The van der Waals surface area contributed by atoms with Gasteiger partial charge in [0.2, 0.25) is 11.9 Å². The lowest BCUT2D eigenvalue weighted by molar-refractivity contribution is -0.286. The monoisotopic (exact) mass is 378 g/mol. The third-order valence-electron chi connectivity index (χ3n) is 3.74. The third kappa shape index (κ3) is 2.99. The highest BCUT2D eigenvalue weighted by Gasteiger charge is 2.43. The van der Waals surface area contributed by atoms with E-state index in [9.17, 15) is 22.8 Å². The number of primary amides is 1. The number of hydrogen-bond acceptors (Lipinski definition) is 5. The molecule has 3 aromatic rings. The summed E-state index contributed by atoms with van der Waals surface area (Å²) in [4.78, 5) is 29.9. The molecule has 8 nitrogen and oxygen atoms in total. The Morgan fingerprint density at radius 3 is 2.52 bits per heavy atom. The van der Waals surface area contributed by atoms with Gasteiger partial charge in [-0.05, 0) is 18.2 Å². The zero-order chi connectivity index (χ0) is 19.3. The van der Waals surface area contributed by atoms with Gasteiger partial charge in [-0.2, -0.15) is 0 Å².